The van der Waals surface area contributed by atoms with E-state index in [0.29, 0.717) is 10.9 Å². The smallest absolute Gasteiger partial charge is 0.118 e. The Balaban J connectivity index is 2.13. The van der Waals surface area contributed by atoms with E-state index in [9.17, 15) is 0 Å². The van der Waals surface area contributed by atoms with E-state index in [0.717, 1.165) is 16.6 Å². The molecule has 0 saturated heterocycles. The van der Waals surface area contributed by atoms with Crippen LogP contribution < -0.4 is 5.32 Å². The Morgan fingerprint density at radius 2 is 2.35 bits per heavy atom. The third kappa shape index (κ3) is 3.46. The molecule has 2 aromatic rings. The monoisotopic (exact) mass is 289 g/mol. The molecule has 2 aromatic heterocycles. The van der Waals surface area contributed by atoms with Crippen molar-refractivity contribution in [2.24, 2.45) is 0 Å². The van der Waals surface area contributed by atoms with Gasteiger partial charge in [-0.25, -0.2) is 9.97 Å². The van der Waals surface area contributed by atoms with E-state index in [2.05, 4.69) is 15.3 Å². The van der Waals surface area contributed by atoms with Gasteiger partial charge in [-0.2, -0.15) is 0 Å². The molecule has 0 aliphatic heterocycles. The maximum atomic E-state index is 5.91. The average Bonchev–Trinajstić information content (AvgIpc) is 2.96. The predicted molar refractivity (Wildman–Crippen MR) is 71.0 cm³/mol. The van der Waals surface area contributed by atoms with Crippen LogP contribution in [0.5, 0.6) is 0 Å². The summed E-state index contributed by atoms with van der Waals surface area (Å²) in [7, 11) is 1.68. The molecule has 92 valence electrons. The zero-order chi connectivity index (χ0) is 12.1. The van der Waals surface area contributed by atoms with Crippen LogP contribution in [0.15, 0.2) is 17.8 Å². The Kier molecular flexibility index (Phi) is 4.87. The van der Waals surface area contributed by atoms with Crippen LogP contribution in [0.1, 0.15) is 16.1 Å². The normalized spacial score (nSPS) is 12.8. The lowest BCUT2D eigenvalue weighted by molar-refractivity contribution is 0.197. The maximum absolute atomic E-state index is 5.91. The second kappa shape index (κ2) is 6.42. The molecule has 0 saturated carbocycles. The van der Waals surface area contributed by atoms with E-state index >= 15 is 0 Å². The minimum Gasteiger partial charge on any atom is -0.383 e. The maximum Gasteiger partial charge on any atom is 0.118 e. The number of hydrogen-bond acceptors (Lipinski definition) is 6. The lowest BCUT2D eigenvalue weighted by Gasteiger charge is -2.13. The van der Waals surface area contributed by atoms with E-state index in [1.165, 1.54) is 11.3 Å². The van der Waals surface area contributed by atoms with Crippen molar-refractivity contribution in [2.75, 3.05) is 20.3 Å². The van der Waals surface area contributed by atoms with Gasteiger partial charge in [0.2, 0.25) is 0 Å². The molecule has 0 bridgehead atoms. The standard InChI is InChI=1S/C10H12ClN3OS2/c1-15-4-2-12-8(9-13-3-5-16-9)10-14-6-7(11)17-10/h3,5-6,8,12H,2,4H2,1H3. The van der Waals surface area contributed by atoms with Crippen LogP contribution in [0.4, 0.5) is 0 Å². The molecule has 2 heterocycles. The number of aromatic nitrogens is 2. The molecular weight excluding hydrogens is 278 g/mol. The van der Waals surface area contributed by atoms with Crippen molar-refractivity contribution >= 4 is 34.3 Å². The first-order valence-corrected chi connectivity index (χ1v) is 7.11. The molecule has 0 spiro atoms. The van der Waals surface area contributed by atoms with Crippen LogP contribution in [0, 0.1) is 0 Å². The Bertz CT molecular complexity index is 446. The first-order valence-electron chi connectivity index (χ1n) is 5.04. The van der Waals surface area contributed by atoms with Gasteiger partial charge in [0, 0.05) is 25.2 Å². The highest BCUT2D eigenvalue weighted by Crippen LogP contribution is 2.29. The number of rotatable bonds is 6. The summed E-state index contributed by atoms with van der Waals surface area (Å²) in [6.45, 7) is 1.40. The SMILES string of the molecule is COCCNC(c1nccs1)c1ncc(Cl)s1. The fourth-order valence-electron chi connectivity index (χ4n) is 1.36. The van der Waals surface area contributed by atoms with Gasteiger partial charge in [-0.05, 0) is 0 Å². The van der Waals surface area contributed by atoms with Crippen LogP contribution in [0.25, 0.3) is 0 Å². The van der Waals surface area contributed by atoms with Crippen molar-refractivity contribution < 1.29 is 4.74 Å². The van der Waals surface area contributed by atoms with Crippen molar-refractivity contribution in [2.45, 2.75) is 6.04 Å². The van der Waals surface area contributed by atoms with Crippen LogP contribution in [0.3, 0.4) is 0 Å². The number of nitrogens with one attached hydrogen (secondary N) is 1. The fourth-order valence-corrected chi connectivity index (χ4v) is 3.16. The second-order valence-electron chi connectivity index (χ2n) is 3.25. The number of methoxy groups -OCH3 is 1. The Morgan fingerprint density at radius 1 is 1.47 bits per heavy atom. The summed E-state index contributed by atoms with van der Waals surface area (Å²) in [5.41, 5.74) is 0. The highest BCUT2D eigenvalue weighted by Gasteiger charge is 2.19. The van der Waals surface area contributed by atoms with Crippen LogP contribution in [0.2, 0.25) is 4.34 Å². The molecule has 17 heavy (non-hydrogen) atoms. The molecule has 1 atom stereocenters. The molecule has 0 fully saturated rings. The molecule has 1 N–H and O–H groups in total. The minimum atomic E-state index is 0.00245. The molecule has 7 heteroatoms. The lowest BCUT2D eigenvalue weighted by Crippen LogP contribution is -2.25. The van der Waals surface area contributed by atoms with Crippen LogP contribution in [-0.4, -0.2) is 30.2 Å². The fraction of sp³-hybridized carbons (Fsp3) is 0.400. The summed E-state index contributed by atoms with van der Waals surface area (Å²) < 4.78 is 5.72. The van der Waals surface area contributed by atoms with Gasteiger partial charge in [0.05, 0.1) is 12.8 Å². The number of thiazole rings is 2. The quantitative estimate of drug-likeness (QED) is 0.831. The second-order valence-corrected chi connectivity index (χ2v) is 5.87. The summed E-state index contributed by atoms with van der Waals surface area (Å²) in [5.74, 6) is 0. The zero-order valence-electron chi connectivity index (χ0n) is 9.22. The number of halogens is 1. The number of ether oxygens (including phenoxy) is 1. The van der Waals surface area contributed by atoms with Crippen molar-refractivity contribution in [1.82, 2.24) is 15.3 Å². The first kappa shape index (κ1) is 12.9. The van der Waals surface area contributed by atoms with Gasteiger partial charge in [0.1, 0.15) is 20.4 Å². The third-order valence-electron chi connectivity index (χ3n) is 2.10. The summed E-state index contributed by atoms with van der Waals surface area (Å²) in [6, 6.07) is 0.00245. The van der Waals surface area contributed by atoms with Crippen molar-refractivity contribution in [3.8, 4) is 0 Å². The van der Waals surface area contributed by atoms with Gasteiger partial charge in [0.25, 0.3) is 0 Å². The summed E-state index contributed by atoms with van der Waals surface area (Å²) >= 11 is 8.99. The summed E-state index contributed by atoms with van der Waals surface area (Å²) in [4.78, 5) is 8.62. The third-order valence-corrected chi connectivity index (χ3v) is 4.12. The van der Waals surface area contributed by atoms with Gasteiger partial charge >= 0.3 is 0 Å². The highest BCUT2D eigenvalue weighted by molar-refractivity contribution is 7.16. The number of hydrogen-bond donors (Lipinski definition) is 1. The summed E-state index contributed by atoms with van der Waals surface area (Å²) in [6.07, 6.45) is 3.46. The van der Waals surface area contributed by atoms with E-state index < -0.39 is 0 Å². The Labute approximate surface area is 113 Å². The van der Waals surface area contributed by atoms with Crippen molar-refractivity contribution in [3.63, 3.8) is 0 Å². The molecule has 0 radical (unpaired) electrons. The van der Waals surface area contributed by atoms with Crippen molar-refractivity contribution in [1.29, 1.82) is 0 Å². The highest BCUT2D eigenvalue weighted by atomic mass is 35.5. The predicted octanol–water partition coefficient (Wildman–Crippen LogP) is 2.58. The molecular formula is C10H12ClN3OS2. The molecule has 1 unspecified atom stereocenters. The first-order chi connectivity index (χ1) is 8.31. The van der Waals surface area contributed by atoms with Gasteiger partial charge in [0.15, 0.2) is 0 Å². The van der Waals surface area contributed by atoms with Gasteiger partial charge in [-0.3, -0.25) is 5.32 Å². The molecule has 0 aliphatic carbocycles. The largest absolute Gasteiger partial charge is 0.383 e. The van der Waals surface area contributed by atoms with E-state index in [4.69, 9.17) is 16.3 Å². The van der Waals surface area contributed by atoms with E-state index in [-0.39, 0.29) is 6.04 Å². The zero-order valence-corrected chi connectivity index (χ0v) is 11.6. The molecule has 2 rings (SSSR count). The van der Waals surface area contributed by atoms with E-state index in [1.807, 2.05) is 5.38 Å². The Hall–Kier alpha value is -0.530. The average molecular weight is 290 g/mol. The van der Waals surface area contributed by atoms with Gasteiger partial charge < -0.3 is 4.74 Å². The molecule has 0 aromatic carbocycles. The van der Waals surface area contributed by atoms with E-state index in [1.54, 1.807) is 30.8 Å². The molecule has 0 amide bonds. The topological polar surface area (TPSA) is 47.0 Å². The van der Waals surface area contributed by atoms with Crippen LogP contribution in [-0.2, 0) is 4.74 Å². The lowest BCUT2D eigenvalue weighted by atomic mass is 10.3. The minimum absolute atomic E-state index is 0.00245. The molecule has 0 aliphatic rings. The summed E-state index contributed by atoms with van der Waals surface area (Å²) in [5, 5.41) is 7.24. The van der Waals surface area contributed by atoms with Gasteiger partial charge in [-0.1, -0.05) is 11.6 Å². The van der Waals surface area contributed by atoms with Crippen molar-refractivity contribution in [3.05, 3.63) is 32.1 Å². The number of nitrogens with zero attached hydrogens (tertiary/aromatic N) is 2. The molecule has 4 nitrogen and oxygen atoms in total. The van der Waals surface area contributed by atoms with Gasteiger partial charge in [-0.15, -0.1) is 22.7 Å². The van der Waals surface area contributed by atoms with Crippen LogP contribution >= 0.6 is 34.3 Å². The Morgan fingerprint density at radius 3 is 2.94 bits per heavy atom.